The lowest BCUT2D eigenvalue weighted by Gasteiger charge is -2.09. The molecule has 1 amide bonds. The number of nitrogens with one attached hydrogen (secondary N) is 1. The van der Waals surface area contributed by atoms with Gasteiger partial charge in [0.1, 0.15) is 5.75 Å². The standard InChI is InChI=1S/C18H16ClN3O3S/c1-11(16(23)20-14-5-3-4-13(19)10-14)26-18-22-21-17(25-18)12-6-8-15(24-2)9-7-12/h3-11H,1-2H3,(H,20,23)/t11-/m0/s1. The topological polar surface area (TPSA) is 77.2 Å². The lowest BCUT2D eigenvalue weighted by Crippen LogP contribution is -2.22. The number of hydrogen-bond acceptors (Lipinski definition) is 6. The molecule has 0 aliphatic heterocycles. The number of benzene rings is 2. The quantitative estimate of drug-likeness (QED) is 0.624. The molecule has 0 unspecified atom stereocenters. The zero-order valence-electron chi connectivity index (χ0n) is 14.1. The van der Waals surface area contributed by atoms with Crippen LogP contribution in [0.3, 0.4) is 0 Å². The third kappa shape index (κ3) is 4.56. The molecule has 0 fully saturated rings. The van der Waals surface area contributed by atoms with Crippen molar-refractivity contribution in [3.05, 3.63) is 53.6 Å². The Balaban J connectivity index is 1.63. The summed E-state index contributed by atoms with van der Waals surface area (Å²) in [7, 11) is 1.60. The molecule has 6 nitrogen and oxygen atoms in total. The number of carbonyl (C=O) groups is 1. The fourth-order valence-corrected chi connectivity index (χ4v) is 3.00. The summed E-state index contributed by atoms with van der Waals surface area (Å²) in [6.07, 6.45) is 0. The van der Waals surface area contributed by atoms with Crippen molar-refractivity contribution in [2.24, 2.45) is 0 Å². The van der Waals surface area contributed by atoms with E-state index in [1.807, 2.05) is 24.3 Å². The minimum absolute atomic E-state index is 0.179. The largest absolute Gasteiger partial charge is 0.497 e. The number of rotatable bonds is 6. The second-order valence-corrected chi connectivity index (χ2v) is 7.09. The Morgan fingerprint density at radius 3 is 2.69 bits per heavy atom. The van der Waals surface area contributed by atoms with Crippen LogP contribution in [0, 0.1) is 0 Å². The van der Waals surface area contributed by atoms with Crippen LogP contribution in [0.2, 0.25) is 5.02 Å². The van der Waals surface area contributed by atoms with Gasteiger partial charge in [0, 0.05) is 16.3 Å². The summed E-state index contributed by atoms with van der Waals surface area (Å²) in [5.74, 6) is 0.952. The third-order valence-corrected chi connectivity index (χ3v) is 4.65. The Morgan fingerprint density at radius 2 is 2.00 bits per heavy atom. The Kier molecular flexibility index (Phi) is 5.80. The van der Waals surface area contributed by atoms with E-state index in [0.717, 1.165) is 11.3 Å². The highest BCUT2D eigenvalue weighted by atomic mass is 35.5. The Morgan fingerprint density at radius 1 is 1.23 bits per heavy atom. The summed E-state index contributed by atoms with van der Waals surface area (Å²) in [6.45, 7) is 1.77. The van der Waals surface area contributed by atoms with Crippen LogP contribution in [0.25, 0.3) is 11.5 Å². The number of ether oxygens (including phenoxy) is 1. The van der Waals surface area contributed by atoms with Gasteiger partial charge >= 0.3 is 0 Å². The average molecular weight is 390 g/mol. The molecule has 0 saturated heterocycles. The van der Waals surface area contributed by atoms with E-state index in [1.165, 1.54) is 11.8 Å². The number of halogens is 1. The van der Waals surface area contributed by atoms with Gasteiger partial charge < -0.3 is 14.5 Å². The van der Waals surface area contributed by atoms with Gasteiger partial charge in [-0.2, -0.15) is 0 Å². The van der Waals surface area contributed by atoms with Gasteiger partial charge in [-0.05, 0) is 49.4 Å². The van der Waals surface area contributed by atoms with Crippen LogP contribution in [0.1, 0.15) is 6.92 Å². The number of anilines is 1. The van der Waals surface area contributed by atoms with E-state index in [-0.39, 0.29) is 5.91 Å². The lowest BCUT2D eigenvalue weighted by molar-refractivity contribution is -0.115. The summed E-state index contributed by atoms with van der Waals surface area (Å²) in [4.78, 5) is 12.3. The van der Waals surface area contributed by atoms with Gasteiger partial charge in [-0.25, -0.2) is 0 Å². The van der Waals surface area contributed by atoms with Crippen molar-refractivity contribution >= 4 is 35.0 Å². The normalized spacial score (nSPS) is 11.8. The Labute approximate surface area is 159 Å². The summed E-state index contributed by atoms with van der Waals surface area (Å²) >= 11 is 7.11. The minimum atomic E-state index is -0.418. The molecule has 0 spiro atoms. The molecule has 0 aliphatic carbocycles. The molecule has 1 aromatic heterocycles. The molecule has 0 radical (unpaired) electrons. The van der Waals surface area contributed by atoms with Crippen molar-refractivity contribution in [1.82, 2.24) is 10.2 Å². The molecule has 8 heteroatoms. The summed E-state index contributed by atoms with van der Waals surface area (Å²) < 4.78 is 10.8. The highest BCUT2D eigenvalue weighted by molar-refractivity contribution is 8.00. The van der Waals surface area contributed by atoms with Crippen molar-refractivity contribution in [3.63, 3.8) is 0 Å². The fraction of sp³-hybridized carbons (Fsp3) is 0.167. The molecule has 1 atom stereocenters. The van der Waals surface area contributed by atoms with Crippen molar-refractivity contribution in [2.45, 2.75) is 17.4 Å². The Hall–Kier alpha value is -2.51. The van der Waals surface area contributed by atoms with E-state index in [0.29, 0.717) is 21.8 Å². The van der Waals surface area contributed by atoms with Crippen molar-refractivity contribution in [2.75, 3.05) is 12.4 Å². The van der Waals surface area contributed by atoms with Crippen LogP contribution in [0.15, 0.2) is 58.2 Å². The summed E-state index contributed by atoms with van der Waals surface area (Å²) in [6, 6.07) is 14.3. The molecule has 1 N–H and O–H groups in total. The predicted octanol–water partition coefficient (Wildman–Crippen LogP) is 4.52. The third-order valence-electron chi connectivity index (χ3n) is 3.48. The SMILES string of the molecule is COc1ccc(-c2nnc(S[C@@H](C)C(=O)Nc3cccc(Cl)c3)o2)cc1. The van der Waals surface area contributed by atoms with Gasteiger partial charge in [0.2, 0.25) is 11.8 Å². The number of amides is 1. The summed E-state index contributed by atoms with van der Waals surface area (Å²) in [5.41, 5.74) is 1.42. The molecule has 2 aromatic carbocycles. The zero-order valence-corrected chi connectivity index (χ0v) is 15.7. The van der Waals surface area contributed by atoms with E-state index < -0.39 is 5.25 Å². The number of carbonyl (C=O) groups excluding carboxylic acids is 1. The second kappa shape index (κ2) is 8.25. The molecule has 0 aliphatic rings. The molecule has 3 aromatic rings. The van der Waals surface area contributed by atoms with Crippen LogP contribution in [0.5, 0.6) is 5.75 Å². The van der Waals surface area contributed by atoms with E-state index >= 15 is 0 Å². The predicted molar refractivity (Wildman–Crippen MR) is 102 cm³/mol. The van der Waals surface area contributed by atoms with Crippen molar-refractivity contribution in [3.8, 4) is 17.2 Å². The first-order valence-corrected chi connectivity index (χ1v) is 9.02. The molecule has 0 saturated carbocycles. The van der Waals surface area contributed by atoms with E-state index in [4.69, 9.17) is 20.8 Å². The smallest absolute Gasteiger partial charge is 0.277 e. The number of thioether (sulfide) groups is 1. The van der Waals surface area contributed by atoms with Gasteiger partial charge in [-0.15, -0.1) is 10.2 Å². The molecular weight excluding hydrogens is 374 g/mol. The van der Waals surface area contributed by atoms with E-state index in [1.54, 1.807) is 38.3 Å². The molecule has 3 rings (SSSR count). The molecule has 26 heavy (non-hydrogen) atoms. The zero-order chi connectivity index (χ0) is 18.5. The van der Waals surface area contributed by atoms with Gasteiger partial charge in [-0.3, -0.25) is 4.79 Å². The molecule has 134 valence electrons. The highest BCUT2D eigenvalue weighted by Gasteiger charge is 2.19. The maximum Gasteiger partial charge on any atom is 0.277 e. The minimum Gasteiger partial charge on any atom is -0.497 e. The van der Waals surface area contributed by atoms with Crippen molar-refractivity contribution < 1.29 is 13.9 Å². The van der Waals surface area contributed by atoms with Crippen LogP contribution >= 0.6 is 23.4 Å². The van der Waals surface area contributed by atoms with Crippen LogP contribution in [-0.2, 0) is 4.79 Å². The number of hydrogen-bond donors (Lipinski definition) is 1. The first-order chi connectivity index (χ1) is 12.5. The number of methoxy groups -OCH3 is 1. The first kappa shape index (κ1) is 18.3. The molecule has 1 heterocycles. The van der Waals surface area contributed by atoms with Crippen LogP contribution in [0.4, 0.5) is 5.69 Å². The first-order valence-electron chi connectivity index (χ1n) is 7.76. The average Bonchev–Trinajstić information content (AvgIpc) is 3.10. The maximum atomic E-state index is 12.3. The Bertz CT molecular complexity index is 899. The van der Waals surface area contributed by atoms with E-state index in [9.17, 15) is 4.79 Å². The van der Waals surface area contributed by atoms with Crippen LogP contribution < -0.4 is 10.1 Å². The van der Waals surface area contributed by atoms with Crippen LogP contribution in [-0.4, -0.2) is 28.5 Å². The summed E-state index contributed by atoms with van der Waals surface area (Å²) in [5, 5.41) is 11.3. The lowest BCUT2D eigenvalue weighted by atomic mass is 10.2. The van der Waals surface area contributed by atoms with Gasteiger partial charge in [-0.1, -0.05) is 29.4 Å². The van der Waals surface area contributed by atoms with Gasteiger partial charge in [0.25, 0.3) is 5.22 Å². The highest BCUT2D eigenvalue weighted by Crippen LogP contribution is 2.27. The fourth-order valence-electron chi connectivity index (χ4n) is 2.12. The molecular formula is C18H16ClN3O3S. The number of nitrogens with zero attached hydrogens (tertiary/aromatic N) is 2. The second-order valence-electron chi connectivity index (χ2n) is 5.36. The van der Waals surface area contributed by atoms with Gasteiger partial charge in [0.05, 0.1) is 12.4 Å². The van der Waals surface area contributed by atoms with Crippen molar-refractivity contribution in [1.29, 1.82) is 0 Å². The number of aromatic nitrogens is 2. The van der Waals surface area contributed by atoms with Gasteiger partial charge in [0.15, 0.2) is 0 Å². The molecule has 0 bridgehead atoms. The monoisotopic (exact) mass is 389 g/mol. The van der Waals surface area contributed by atoms with E-state index in [2.05, 4.69) is 15.5 Å². The maximum absolute atomic E-state index is 12.3.